The molecule has 0 spiro atoms. The Morgan fingerprint density at radius 2 is 1.73 bits per heavy atom. The number of aryl methyl sites for hydroxylation is 1. The van der Waals surface area contributed by atoms with Gasteiger partial charge in [0.2, 0.25) is 10.0 Å². The molecule has 0 aliphatic carbocycles. The molecule has 0 bridgehead atoms. The molecule has 1 heterocycles. The van der Waals surface area contributed by atoms with Crippen LogP contribution in [0.15, 0.2) is 41.6 Å². The van der Waals surface area contributed by atoms with Crippen molar-refractivity contribution >= 4 is 10.0 Å². The molecule has 1 aromatic heterocycles. The summed E-state index contributed by atoms with van der Waals surface area (Å²) in [5.74, 6) is 0.459. The SMILES string of the molecule is CCn1cc(S(=O)(=O)NC(C)c2ccc(C(C)C)cc2)cn1. The van der Waals surface area contributed by atoms with E-state index in [4.69, 9.17) is 0 Å². The molecule has 5 nitrogen and oxygen atoms in total. The minimum Gasteiger partial charge on any atom is -0.272 e. The van der Waals surface area contributed by atoms with E-state index >= 15 is 0 Å². The smallest absolute Gasteiger partial charge is 0.244 e. The van der Waals surface area contributed by atoms with E-state index < -0.39 is 10.0 Å². The second-order valence-electron chi connectivity index (χ2n) is 5.70. The van der Waals surface area contributed by atoms with Gasteiger partial charge < -0.3 is 0 Å². The molecule has 2 rings (SSSR count). The number of sulfonamides is 1. The monoisotopic (exact) mass is 321 g/mol. The maximum atomic E-state index is 12.4. The van der Waals surface area contributed by atoms with Gasteiger partial charge in [0.05, 0.1) is 6.20 Å². The Morgan fingerprint density at radius 1 is 1.14 bits per heavy atom. The van der Waals surface area contributed by atoms with E-state index in [1.54, 1.807) is 4.68 Å². The third kappa shape index (κ3) is 3.75. The molecule has 1 atom stereocenters. The van der Waals surface area contributed by atoms with Crippen molar-refractivity contribution in [3.05, 3.63) is 47.8 Å². The standard InChI is InChI=1S/C16H23N3O2S/c1-5-19-11-16(10-17-19)22(20,21)18-13(4)15-8-6-14(7-9-15)12(2)3/h6-13,18H,5H2,1-4H3. The molecule has 1 aromatic carbocycles. The summed E-state index contributed by atoms with van der Waals surface area (Å²) in [6.07, 6.45) is 2.91. The molecule has 6 heteroatoms. The van der Waals surface area contributed by atoms with E-state index in [1.807, 2.05) is 38.1 Å². The van der Waals surface area contributed by atoms with Crippen LogP contribution >= 0.6 is 0 Å². The summed E-state index contributed by atoms with van der Waals surface area (Å²) in [4.78, 5) is 0.194. The topological polar surface area (TPSA) is 64.0 Å². The lowest BCUT2D eigenvalue weighted by atomic mass is 10.00. The Morgan fingerprint density at radius 3 is 2.23 bits per heavy atom. The second kappa shape index (κ2) is 6.62. The lowest BCUT2D eigenvalue weighted by molar-refractivity contribution is 0.566. The molecule has 0 radical (unpaired) electrons. The maximum Gasteiger partial charge on any atom is 0.244 e. The zero-order valence-electron chi connectivity index (χ0n) is 13.4. The van der Waals surface area contributed by atoms with E-state index in [9.17, 15) is 8.42 Å². The number of benzene rings is 1. The van der Waals surface area contributed by atoms with Crippen LogP contribution in [-0.2, 0) is 16.6 Å². The fourth-order valence-corrected chi connectivity index (χ4v) is 3.38. The Hall–Kier alpha value is -1.66. The number of rotatable bonds is 6. The first-order chi connectivity index (χ1) is 10.3. The molecule has 0 amide bonds. The summed E-state index contributed by atoms with van der Waals surface area (Å²) in [5.41, 5.74) is 2.18. The van der Waals surface area contributed by atoms with Crippen molar-refractivity contribution in [2.45, 2.75) is 51.1 Å². The molecular formula is C16H23N3O2S. The van der Waals surface area contributed by atoms with Gasteiger partial charge in [-0.05, 0) is 30.9 Å². The van der Waals surface area contributed by atoms with E-state index in [-0.39, 0.29) is 10.9 Å². The van der Waals surface area contributed by atoms with Crippen LogP contribution in [0.4, 0.5) is 0 Å². The second-order valence-corrected chi connectivity index (χ2v) is 7.41. The fraction of sp³-hybridized carbons (Fsp3) is 0.438. The first-order valence-electron chi connectivity index (χ1n) is 7.48. The van der Waals surface area contributed by atoms with Crippen molar-refractivity contribution in [1.29, 1.82) is 0 Å². The van der Waals surface area contributed by atoms with Gasteiger partial charge in [-0.2, -0.15) is 5.10 Å². The van der Waals surface area contributed by atoms with E-state index in [2.05, 4.69) is 23.7 Å². The van der Waals surface area contributed by atoms with Crippen molar-refractivity contribution in [3.8, 4) is 0 Å². The summed E-state index contributed by atoms with van der Waals surface area (Å²) >= 11 is 0. The number of hydrogen-bond donors (Lipinski definition) is 1. The summed E-state index contributed by atoms with van der Waals surface area (Å²) in [6, 6.07) is 7.73. The van der Waals surface area contributed by atoms with Gasteiger partial charge in [0.1, 0.15) is 4.90 Å². The highest BCUT2D eigenvalue weighted by Crippen LogP contribution is 2.20. The summed E-state index contributed by atoms with van der Waals surface area (Å²) in [7, 11) is -3.56. The summed E-state index contributed by atoms with van der Waals surface area (Å²) < 4.78 is 29.0. The van der Waals surface area contributed by atoms with Crippen LogP contribution in [0.25, 0.3) is 0 Å². The predicted molar refractivity (Wildman–Crippen MR) is 87.2 cm³/mol. The Bertz CT molecular complexity index is 718. The Balaban J connectivity index is 2.14. The van der Waals surface area contributed by atoms with Gasteiger partial charge in [0.25, 0.3) is 0 Å². The molecule has 0 saturated heterocycles. The number of hydrogen-bond acceptors (Lipinski definition) is 3. The zero-order chi connectivity index (χ0) is 16.3. The zero-order valence-corrected chi connectivity index (χ0v) is 14.3. The average molecular weight is 321 g/mol. The van der Waals surface area contributed by atoms with Crippen LogP contribution < -0.4 is 4.72 Å². The maximum absolute atomic E-state index is 12.4. The van der Waals surface area contributed by atoms with Crippen LogP contribution in [-0.4, -0.2) is 18.2 Å². The van der Waals surface area contributed by atoms with Crippen LogP contribution in [0.3, 0.4) is 0 Å². The summed E-state index contributed by atoms with van der Waals surface area (Å²) in [5, 5.41) is 4.01. The van der Waals surface area contributed by atoms with E-state index in [1.165, 1.54) is 18.0 Å². The van der Waals surface area contributed by atoms with Crippen LogP contribution in [0.2, 0.25) is 0 Å². The third-order valence-electron chi connectivity index (χ3n) is 3.68. The predicted octanol–water partition coefficient (Wildman–Crippen LogP) is 3.07. The normalized spacial score (nSPS) is 13.5. The van der Waals surface area contributed by atoms with E-state index in [0.29, 0.717) is 12.5 Å². The highest BCUT2D eigenvalue weighted by atomic mass is 32.2. The van der Waals surface area contributed by atoms with Crippen molar-refractivity contribution < 1.29 is 8.42 Å². The number of nitrogens with zero attached hydrogens (tertiary/aromatic N) is 2. The third-order valence-corrected chi connectivity index (χ3v) is 5.17. The molecular weight excluding hydrogens is 298 g/mol. The molecule has 22 heavy (non-hydrogen) atoms. The lowest BCUT2D eigenvalue weighted by Gasteiger charge is -2.15. The lowest BCUT2D eigenvalue weighted by Crippen LogP contribution is -2.26. The molecule has 0 aliphatic heterocycles. The van der Waals surface area contributed by atoms with Crippen LogP contribution in [0, 0.1) is 0 Å². The average Bonchev–Trinajstić information content (AvgIpc) is 2.96. The van der Waals surface area contributed by atoms with Gasteiger partial charge in [-0.25, -0.2) is 13.1 Å². The van der Waals surface area contributed by atoms with Crippen molar-refractivity contribution in [2.24, 2.45) is 0 Å². The fourth-order valence-electron chi connectivity index (χ4n) is 2.19. The highest BCUT2D eigenvalue weighted by molar-refractivity contribution is 7.89. The summed E-state index contributed by atoms with van der Waals surface area (Å²) in [6.45, 7) is 8.66. The largest absolute Gasteiger partial charge is 0.272 e. The van der Waals surface area contributed by atoms with Gasteiger partial charge in [-0.1, -0.05) is 38.1 Å². The van der Waals surface area contributed by atoms with Crippen molar-refractivity contribution in [1.82, 2.24) is 14.5 Å². The van der Waals surface area contributed by atoms with Gasteiger partial charge >= 0.3 is 0 Å². The molecule has 2 aromatic rings. The van der Waals surface area contributed by atoms with Crippen LogP contribution in [0.5, 0.6) is 0 Å². The van der Waals surface area contributed by atoms with Crippen molar-refractivity contribution in [2.75, 3.05) is 0 Å². The molecule has 0 fully saturated rings. The molecule has 1 N–H and O–H groups in total. The molecule has 0 saturated carbocycles. The van der Waals surface area contributed by atoms with Gasteiger partial charge in [-0.15, -0.1) is 0 Å². The Labute approximate surface area is 132 Å². The molecule has 120 valence electrons. The molecule has 1 unspecified atom stereocenters. The minimum atomic E-state index is -3.56. The Kier molecular flexibility index (Phi) is 5.03. The molecule has 0 aliphatic rings. The number of aromatic nitrogens is 2. The first kappa shape index (κ1) is 16.7. The van der Waals surface area contributed by atoms with Gasteiger partial charge in [0, 0.05) is 18.8 Å². The van der Waals surface area contributed by atoms with Gasteiger partial charge in [-0.3, -0.25) is 4.68 Å². The quantitative estimate of drug-likeness (QED) is 0.889. The van der Waals surface area contributed by atoms with E-state index in [0.717, 1.165) is 5.56 Å². The number of nitrogens with one attached hydrogen (secondary N) is 1. The first-order valence-corrected chi connectivity index (χ1v) is 8.96. The van der Waals surface area contributed by atoms with Crippen molar-refractivity contribution in [3.63, 3.8) is 0 Å². The van der Waals surface area contributed by atoms with Gasteiger partial charge in [0.15, 0.2) is 0 Å². The highest BCUT2D eigenvalue weighted by Gasteiger charge is 2.20. The minimum absolute atomic E-state index is 0.194. The van der Waals surface area contributed by atoms with Crippen LogP contribution in [0.1, 0.15) is 50.8 Å².